The standard InChI is InChI=1S/C9H18FNO/c1-7(2)12-6-9-8(10)4-5-11(9)3/h7-9H,4-6H2,1-3H3/t8?,9-/m1/s1. The summed E-state index contributed by atoms with van der Waals surface area (Å²) in [5.74, 6) is 0. The van der Waals surface area contributed by atoms with Gasteiger partial charge < -0.3 is 4.74 Å². The number of likely N-dealkylation sites (N-methyl/N-ethyl adjacent to an activating group) is 1. The monoisotopic (exact) mass is 175 g/mol. The average Bonchev–Trinajstić information content (AvgIpc) is 2.28. The van der Waals surface area contributed by atoms with Crippen molar-refractivity contribution in [3.8, 4) is 0 Å². The van der Waals surface area contributed by atoms with Gasteiger partial charge in [0.05, 0.1) is 18.8 Å². The van der Waals surface area contributed by atoms with Gasteiger partial charge in [0.2, 0.25) is 0 Å². The lowest BCUT2D eigenvalue weighted by atomic mass is 10.2. The molecule has 0 N–H and O–H groups in total. The predicted molar refractivity (Wildman–Crippen MR) is 47.0 cm³/mol. The summed E-state index contributed by atoms with van der Waals surface area (Å²) in [6.45, 7) is 5.33. The van der Waals surface area contributed by atoms with Crippen molar-refractivity contribution in [2.24, 2.45) is 0 Å². The van der Waals surface area contributed by atoms with Crippen LogP contribution in [0.5, 0.6) is 0 Å². The summed E-state index contributed by atoms with van der Waals surface area (Å²) in [5, 5.41) is 0. The van der Waals surface area contributed by atoms with Crippen LogP contribution in [0, 0.1) is 0 Å². The van der Waals surface area contributed by atoms with E-state index in [0.29, 0.717) is 13.0 Å². The van der Waals surface area contributed by atoms with Crippen molar-refractivity contribution >= 4 is 0 Å². The van der Waals surface area contributed by atoms with Crippen LogP contribution in [0.4, 0.5) is 4.39 Å². The van der Waals surface area contributed by atoms with Crippen molar-refractivity contribution in [2.45, 2.75) is 38.6 Å². The quantitative estimate of drug-likeness (QED) is 0.643. The van der Waals surface area contributed by atoms with Crippen LogP contribution in [0.15, 0.2) is 0 Å². The Labute approximate surface area is 73.7 Å². The van der Waals surface area contributed by atoms with Crippen molar-refractivity contribution in [1.82, 2.24) is 4.90 Å². The lowest BCUT2D eigenvalue weighted by Crippen LogP contribution is -2.35. The van der Waals surface area contributed by atoms with E-state index in [0.717, 1.165) is 6.54 Å². The maximum atomic E-state index is 13.2. The molecule has 2 nitrogen and oxygen atoms in total. The van der Waals surface area contributed by atoms with E-state index >= 15 is 0 Å². The summed E-state index contributed by atoms with van der Waals surface area (Å²) >= 11 is 0. The highest BCUT2D eigenvalue weighted by atomic mass is 19.1. The smallest absolute Gasteiger partial charge is 0.119 e. The molecule has 1 fully saturated rings. The van der Waals surface area contributed by atoms with E-state index < -0.39 is 6.17 Å². The molecule has 1 heterocycles. The van der Waals surface area contributed by atoms with E-state index in [1.807, 2.05) is 25.8 Å². The Bertz CT molecular complexity index is 130. The average molecular weight is 175 g/mol. The molecule has 0 amide bonds. The van der Waals surface area contributed by atoms with Gasteiger partial charge in [0.15, 0.2) is 0 Å². The maximum Gasteiger partial charge on any atom is 0.119 e. The van der Waals surface area contributed by atoms with Gasteiger partial charge >= 0.3 is 0 Å². The summed E-state index contributed by atoms with van der Waals surface area (Å²) < 4.78 is 18.6. The highest BCUT2D eigenvalue weighted by molar-refractivity contribution is 4.84. The third-order valence-corrected chi connectivity index (χ3v) is 2.34. The van der Waals surface area contributed by atoms with Crippen molar-refractivity contribution in [1.29, 1.82) is 0 Å². The summed E-state index contributed by atoms with van der Waals surface area (Å²) in [7, 11) is 1.95. The zero-order valence-corrected chi connectivity index (χ0v) is 8.09. The molecule has 1 aliphatic heterocycles. The number of likely N-dealkylation sites (tertiary alicyclic amines) is 1. The Hall–Kier alpha value is -0.150. The highest BCUT2D eigenvalue weighted by Gasteiger charge is 2.31. The minimum atomic E-state index is -0.700. The van der Waals surface area contributed by atoms with Crippen LogP contribution >= 0.6 is 0 Å². The second kappa shape index (κ2) is 4.19. The normalized spacial score (nSPS) is 31.8. The van der Waals surface area contributed by atoms with Crippen LogP contribution in [-0.2, 0) is 4.74 Å². The maximum absolute atomic E-state index is 13.2. The third-order valence-electron chi connectivity index (χ3n) is 2.34. The van der Waals surface area contributed by atoms with Gasteiger partial charge in [-0.1, -0.05) is 0 Å². The molecule has 0 aromatic carbocycles. The van der Waals surface area contributed by atoms with Crippen LogP contribution in [0.1, 0.15) is 20.3 Å². The van der Waals surface area contributed by atoms with Crippen LogP contribution in [0.2, 0.25) is 0 Å². The minimum absolute atomic E-state index is 0.0209. The molecule has 0 radical (unpaired) electrons. The number of alkyl halides is 1. The lowest BCUT2D eigenvalue weighted by molar-refractivity contribution is 0.0273. The van der Waals surface area contributed by atoms with Crippen molar-refractivity contribution < 1.29 is 9.13 Å². The van der Waals surface area contributed by atoms with Gasteiger partial charge in [-0.2, -0.15) is 0 Å². The van der Waals surface area contributed by atoms with Crippen molar-refractivity contribution in [3.63, 3.8) is 0 Å². The third kappa shape index (κ3) is 2.42. The van der Waals surface area contributed by atoms with Crippen LogP contribution in [0.25, 0.3) is 0 Å². The topological polar surface area (TPSA) is 12.5 Å². The van der Waals surface area contributed by atoms with E-state index in [1.54, 1.807) is 0 Å². The van der Waals surface area contributed by atoms with Crippen molar-refractivity contribution in [2.75, 3.05) is 20.2 Å². The molecule has 0 saturated carbocycles. The second-order valence-electron chi connectivity index (χ2n) is 3.73. The Morgan fingerprint density at radius 1 is 1.58 bits per heavy atom. The minimum Gasteiger partial charge on any atom is -0.377 e. The van der Waals surface area contributed by atoms with Gasteiger partial charge in [0, 0.05) is 6.54 Å². The van der Waals surface area contributed by atoms with Crippen LogP contribution in [0.3, 0.4) is 0 Å². The van der Waals surface area contributed by atoms with E-state index in [1.165, 1.54) is 0 Å². The summed E-state index contributed by atoms with van der Waals surface area (Å²) in [4.78, 5) is 2.03. The molecule has 0 aromatic rings. The first-order valence-electron chi connectivity index (χ1n) is 4.57. The van der Waals surface area contributed by atoms with Gasteiger partial charge in [-0.3, -0.25) is 4.90 Å². The van der Waals surface area contributed by atoms with Gasteiger partial charge in [-0.25, -0.2) is 4.39 Å². The summed E-state index contributed by atoms with van der Waals surface area (Å²) in [5.41, 5.74) is 0. The van der Waals surface area contributed by atoms with E-state index in [4.69, 9.17) is 4.74 Å². The first kappa shape index (κ1) is 9.93. The molecule has 1 saturated heterocycles. The van der Waals surface area contributed by atoms with E-state index in [9.17, 15) is 4.39 Å². The fraction of sp³-hybridized carbons (Fsp3) is 1.00. The number of nitrogens with zero attached hydrogens (tertiary/aromatic N) is 1. The predicted octanol–water partition coefficient (Wildman–Crippen LogP) is 1.45. The lowest BCUT2D eigenvalue weighted by Gasteiger charge is -2.21. The zero-order chi connectivity index (χ0) is 9.14. The Morgan fingerprint density at radius 2 is 2.25 bits per heavy atom. The molecule has 12 heavy (non-hydrogen) atoms. The molecular formula is C9H18FNO. The van der Waals surface area contributed by atoms with E-state index in [2.05, 4.69) is 0 Å². The van der Waals surface area contributed by atoms with Crippen LogP contribution in [-0.4, -0.2) is 43.4 Å². The number of ether oxygens (including phenoxy) is 1. The molecule has 1 rings (SSSR count). The van der Waals surface area contributed by atoms with Gasteiger partial charge in [-0.05, 0) is 27.3 Å². The molecule has 0 bridgehead atoms. The molecule has 0 aromatic heterocycles. The van der Waals surface area contributed by atoms with Crippen LogP contribution < -0.4 is 0 Å². The number of halogens is 1. The molecule has 1 aliphatic rings. The first-order valence-corrected chi connectivity index (χ1v) is 4.57. The number of rotatable bonds is 3. The second-order valence-corrected chi connectivity index (χ2v) is 3.73. The Balaban J connectivity index is 2.29. The van der Waals surface area contributed by atoms with Gasteiger partial charge in [0.1, 0.15) is 6.17 Å². The molecule has 1 unspecified atom stereocenters. The Kier molecular flexibility index (Phi) is 3.47. The zero-order valence-electron chi connectivity index (χ0n) is 8.09. The highest BCUT2D eigenvalue weighted by Crippen LogP contribution is 2.19. The van der Waals surface area contributed by atoms with Gasteiger partial charge in [-0.15, -0.1) is 0 Å². The van der Waals surface area contributed by atoms with E-state index in [-0.39, 0.29) is 12.1 Å². The largest absolute Gasteiger partial charge is 0.377 e. The molecule has 0 spiro atoms. The summed E-state index contributed by atoms with van der Waals surface area (Å²) in [6.07, 6.45) is 0.155. The SMILES string of the molecule is CC(C)OC[C@@H]1C(F)CCN1C. The molecule has 0 aliphatic carbocycles. The number of hydrogen-bond donors (Lipinski definition) is 0. The Morgan fingerprint density at radius 3 is 2.67 bits per heavy atom. The number of hydrogen-bond acceptors (Lipinski definition) is 2. The van der Waals surface area contributed by atoms with Gasteiger partial charge in [0.25, 0.3) is 0 Å². The molecule has 3 heteroatoms. The fourth-order valence-electron chi connectivity index (χ4n) is 1.48. The first-order chi connectivity index (χ1) is 5.61. The molecular weight excluding hydrogens is 157 g/mol. The summed E-state index contributed by atoms with van der Waals surface area (Å²) in [6, 6.07) is -0.0209. The van der Waals surface area contributed by atoms with Crippen molar-refractivity contribution in [3.05, 3.63) is 0 Å². The fourth-order valence-corrected chi connectivity index (χ4v) is 1.48. The molecule has 2 atom stereocenters. The molecule has 72 valence electrons.